The number of aryl methyl sites for hydroxylation is 2. The Balaban J connectivity index is 2.00. The highest BCUT2D eigenvalue weighted by Crippen LogP contribution is 2.34. The number of hydrogen-bond acceptors (Lipinski definition) is 2. The summed E-state index contributed by atoms with van der Waals surface area (Å²) in [6, 6.07) is 5.58. The van der Waals surface area contributed by atoms with E-state index in [4.69, 9.17) is 11.6 Å². The number of carbonyl (C=O) groups is 1. The second kappa shape index (κ2) is 4.90. The van der Waals surface area contributed by atoms with Crippen LogP contribution in [-0.2, 0) is 24.8 Å². The monoisotopic (exact) mass is 353 g/mol. The molecule has 0 aliphatic carbocycles. The summed E-state index contributed by atoms with van der Waals surface area (Å²) in [5, 5.41) is 5.00. The van der Waals surface area contributed by atoms with Gasteiger partial charge in [0.25, 0.3) is 0 Å². The van der Waals surface area contributed by atoms with E-state index in [1.165, 1.54) is 0 Å². The molecule has 20 heavy (non-hydrogen) atoms. The van der Waals surface area contributed by atoms with Crippen LogP contribution < -0.4 is 4.90 Å². The van der Waals surface area contributed by atoms with Gasteiger partial charge in [0, 0.05) is 17.8 Å². The molecule has 0 atom stereocenters. The zero-order valence-corrected chi connectivity index (χ0v) is 13.5. The van der Waals surface area contributed by atoms with Crippen molar-refractivity contribution in [2.24, 2.45) is 7.05 Å². The van der Waals surface area contributed by atoms with Crippen molar-refractivity contribution in [2.75, 3.05) is 4.90 Å². The van der Waals surface area contributed by atoms with Crippen LogP contribution in [0.25, 0.3) is 0 Å². The highest BCUT2D eigenvalue weighted by Gasteiger charge is 2.29. The third-order valence-corrected chi connectivity index (χ3v) is 4.82. The van der Waals surface area contributed by atoms with Crippen LogP contribution in [0.5, 0.6) is 0 Å². The van der Waals surface area contributed by atoms with Gasteiger partial charge in [-0.15, -0.1) is 0 Å². The van der Waals surface area contributed by atoms with Crippen molar-refractivity contribution in [1.29, 1.82) is 0 Å². The highest BCUT2D eigenvalue weighted by molar-refractivity contribution is 9.10. The van der Waals surface area contributed by atoms with E-state index in [1.807, 2.05) is 32.2 Å². The van der Waals surface area contributed by atoms with Crippen LogP contribution in [0.2, 0.25) is 5.02 Å². The van der Waals surface area contributed by atoms with Gasteiger partial charge in [-0.3, -0.25) is 9.48 Å². The molecular formula is C14H13BrClN3O. The molecule has 0 spiro atoms. The fourth-order valence-electron chi connectivity index (χ4n) is 2.51. The van der Waals surface area contributed by atoms with Crippen molar-refractivity contribution >= 4 is 39.1 Å². The third-order valence-electron chi connectivity index (χ3n) is 3.55. The predicted octanol–water partition coefficient (Wildman–Crippen LogP) is 3.23. The van der Waals surface area contributed by atoms with Crippen LogP contribution in [0.3, 0.4) is 0 Å². The number of anilines is 1. The van der Waals surface area contributed by atoms with Gasteiger partial charge in [0.15, 0.2) is 0 Å². The van der Waals surface area contributed by atoms with Crippen LogP contribution in [-0.4, -0.2) is 15.7 Å². The van der Waals surface area contributed by atoms with Crippen molar-refractivity contribution in [2.45, 2.75) is 19.9 Å². The molecule has 1 amide bonds. The van der Waals surface area contributed by atoms with Gasteiger partial charge in [-0.05, 0) is 40.5 Å². The summed E-state index contributed by atoms with van der Waals surface area (Å²) in [6.07, 6.45) is 0.432. The Labute approximate surface area is 130 Å². The first-order valence-corrected chi connectivity index (χ1v) is 7.41. The molecule has 1 aromatic carbocycles. The van der Waals surface area contributed by atoms with E-state index in [1.54, 1.807) is 9.58 Å². The lowest BCUT2D eigenvalue weighted by molar-refractivity contribution is -0.117. The van der Waals surface area contributed by atoms with E-state index in [-0.39, 0.29) is 5.91 Å². The minimum atomic E-state index is 0.0908. The third kappa shape index (κ3) is 2.15. The van der Waals surface area contributed by atoms with Crippen LogP contribution >= 0.6 is 27.5 Å². The predicted molar refractivity (Wildman–Crippen MR) is 82.0 cm³/mol. The van der Waals surface area contributed by atoms with E-state index in [2.05, 4.69) is 21.0 Å². The lowest BCUT2D eigenvalue weighted by atomic mass is 10.2. The van der Waals surface area contributed by atoms with Crippen molar-refractivity contribution in [1.82, 2.24) is 9.78 Å². The smallest absolute Gasteiger partial charge is 0.231 e. The van der Waals surface area contributed by atoms with Crippen molar-refractivity contribution < 1.29 is 4.79 Å². The molecule has 1 aliphatic heterocycles. The Morgan fingerprint density at radius 2 is 2.20 bits per heavy atom. The number of benzene rings is 1. The molecule has 3 rings (SSSR count). The van der Waals surface area contributed by atoms with Gasteiger partial charge in [-0.25, -0.2) is 0 Å². The topological polar surface area (TPSA) is 38.1 Å². The first kappa shape index (κ1) is 13.6. The molecule has 1 aliphatic rings. The second-order valence-corrected chi connectivity index (χ2v) is 6.13. The average molecular weight is 355 g/mol. The Kier molecular flexibility index (Phi) is 3.34. The zero-order valence-electron chi connectivity index (χ0n) is 11.2. The Bertz CT molecular complexity index is 711. The van der Waals surface area contributed by atoms with E-state index >= 15 is 0 Å². The van der Waals surface area contributed by atoms with Crippen molar-refractivity contribution in [3.63, 3.8) is 0 Å². The number of aromatic nitrogens is 2. The largest absolute Gasteiger partial charge is 0.306 e. The minimum Gasteiger partial charge on any atom is -0.306 e. The number of nitrogens with zero attached hydrogens (tertiary/aromatic N) is 3. The Morgan fingerprint density at radius 1 is 1.45 bits per heavy atom. The number of fused-ring (bicyclic) bond motifs is 1. The molecule has 6 heteroatoms. The first-order valence-electron chi connectivity index (χ1n) is 6.24. The lowest BCUT2D eigenvalue weighted by Gasteiger charge is -2.18. The molecule has 1 aromatic heterocycles. The first-order chi connectivity index (χ1) is 9.47. The summed E-state index contributed by atoms with van der Waals surface area (Å²) >= 11 is 9.58. The van der Waals surface area contributed by atoms with Gasteiger partial charge < -0.3 is 4.90 Å². The highest BCUT2D eigenvalue weighted by atomic mass is 79.9. The van der Waals surface area contributed by atoms with Crippen LogP contribution in [0.15, 0.2) is 22.7 Å². The van der Waals surface area contributed by atoms with Crippen molar-refractivity contribution in [3.05, 3.63) is 44.6 Å². The molecular weight excluding hydrogens is 342 g/mol. The normalized spacial score (nSPS) is 14.0. The molecule has 0 fully saturated rings. The standard InChI is InChI=1S/C14H13BrClN3O/c1-8-14(15)12(18(2)17-8)7-19-11-6-10(16)4-3-9(11)5-13(19)20/h3-4,6H,5,7H2,1-2H3. The van der Waals surface area contributed by atoms with E-state index in [0.717, 1.165) is 27.1 Å². The van der Waals surface area contributed by atoms with Crippen LogP contribution in [0.1, 0.15) is 17.0 Å². The fourth-order valence-corrected chi connectivity index (χ4v) is 3.13. The van der Waals surface area contributed by atoms with Gasteiger partial charge in [-0.2, -0.15) is 5.10 Å². The molecule has 104 valence electrons. The minimum absolute atomic E-state index is 0.0908. The summed E-state index contributed by atoms with van der Waals surface area (Å²) < 4.78 is 2.75. The quantitative estimate of drug-likeness (QED) is 0.830. The average Bonchev–Trinajstić information content (AvgIpc) is 2.82. The lowest BCUT2D eigenvalue weighted by Crippen LogP contribution is -2.27. The molecule has 4 nitrogen and oxygen atoms in total. The molecule has 2 aromatic rings. The fraction of sp³-hybridized carbons (Fsp3) is 0.286. The van der Waals surface area contributed by atoms with E-state index in [9.17, 15) is 4.79 Å². The molecule has 0 bridgehead atoms. The van der Waals surface area contributed by atoms with Gasteiger partial charge in [0.05, 0.1) is 28.8 Å². The maximum absolute atomic E-state index is 12.2. The molecule has 0 radical (unpaired) electrons. The Morgan fingerprint density at radius 3 is 2.85 bits per heavy atom. The molecule has 0 N–H and O–H groups in total. The molecule has 0 saturated heterocycles. The van der Waals surface area contributed by atoms with Crippen LogP contribution in [0, 0.1) is 6.92 Å². The Hall–Kier alpha value is -1.33. The van der Waals surface area contributed by atoms with E-state index < -0.39 is 0 Å². The zero-order chi connectivity index (χ0) is 14.4. The summed E-state index contributed by atoms with van der Waals surface area (Å²) in [4.78, 5) is 14.0. The summed E-state index contributed by atoms with van der Waals surface area (Å²) in [7, 11) is 1.88. The van der Waals surface area contributed by atoms with Crippen LogP contribution in [0.4, 0.5) is 5.69 Å². The van der Waals surface area contributed by atoms with E-state index in [0.29, 0.717) is 18.0 Å². The summed E-state index contributed by atoms with van der Waals surface area (Å²) in [6.45, 7) is 2.42. The molecule has 0 unspecified atom stereocenters. The summed E-state index contributed by atoms with van der Waals surface area (Å²) in [5.74, 6) is 0.0908. The number of halogens is 2. The van der Waals surface area contributed by atoms with Gasteiger partial charge in [-0.1, -0.05) is 17.7 Å². The second-order valence-electron chi connectivity index (χ2n) is 4.90. The SMILES string of the molecule is Cc1nn(C)c(CN2C(=O)Cc3ccc(Cl)cc32)c1Br. The molecule has 2 heterocycles. The van der Waals surface area contributed by atoms with Gasteiger partial charge in [0.1, 0.15) is 0 Å². The number of rotatable bonds is 2. The molecule has 0 saturated carbocycles. The van der Waals surface area contributed by atoms with Gasteiger partial charge in [0.2, 0.25) is 5.91 Å². The number of carbonyl (C=O) groups excluding carboxylic acids is 1. The maximum atomic E-state index is 12.2. The summed E-state index contributed by atoms with van der Waals surface area (Å²) in [5.41, 5.74) is 3.81. The van der Waals surface area contributed by atoms with Gasteiger partial charge >= 0.3 is 0 Å². The number of hydrogen-bond donors (Lipinski definition) is 0. The maximum Gasteiger partial charge on any atom is 0.231 e. The van der Waals surface area contributed by atoms with Crippen molar-refractivity contribution in [3.8, 4) is 0 Å². The number of amides is 1.